The first-order valence-corrected chi connectivity index (χ1v) is 12.4. The Kier molecular flexibility index (Phi) is 12.0. The number of nitrogens with one attached hydrogen (secondary N) is 1. The lowest BCUT2D eigenvalue weighted by Gasteiger charge is -2.26. The van der Waals surface area contributed by atoms with E-state index in [2.05, 4.69) is 50.0 Å². The largest absolute Gasteiger partial charge is 0.486 e. The molecule has 1 atom stereocenters. The molecule has 0 spiro atoms. The van der Waals surface area contributed by atoms with Crippen LogP contribution in [0.3, 0.4) is 0 Å². The van der Waals surface area contributed by atoms with Gasteiger partial charge < -0.3 is 19.4 Å². The highest BCUT2D eigenvalue weighted by Gasteiger charge is 2.16. The van der Waals surface area contributed by atoms with Gasteiger partial charge in [0.15, 0.2) is 5.76 Å². The van der Waals surface area contributed by atoms with Crippen molar-refractivity contribution in [3.63, 3.8) is 0 Å². The molecular weight excluding hydrogens is 400 g/mol. The minimum absolute atomic E-state index is 0.0626. The molecule has 1 amide bonds. The number of ether oxygens (including phenoxy) is 1. The molecule has 1 N–H and O–H groups in total. The Hall–Kier alpha value is -2.27. The van der Waals surface area contributed by atoms with Gasteiger partial charge in [0, 0.05) is 12.6 Å². The van der Waals surface area contributed by atoms with Crippen molar-refractivity contribution >= 4 is 5.91 Å². The Morgan fingerprint density at radius 2 is 1.62 bits per heavy atom. The molecule has 1 heterocycles. The normalized spacial score (nSPS) is 12.2. The average molecular weight is 443 g/mol. The molecule has 2 aromatic rings. The molecule has 32 heavy (non-hydrogen) atoms. The predicted octanol–water partition coefficient (Wildman–Crippen LogP) is 6.22. The first-order valence-electron chi connectivity index (χ1n) is 12.4. The zero-order valence-electron chi connectivity index (χ0n) is 20.5. The van der Waals surface area contributed by atoms with Crippen LogP contribution in [-0.4, -0.2) is 36.5 Å². The number of amides is 1. The van der Waals surface area contributed by atoms with E-state index in [4.69, 9.17) is 9.15 Å². The van der Waals surface area contributed by atoms with E-state index in [1.807, 2.05) is 18.2 Å². The molecule has 5 nitrogen and oxygen atoms in total. The number of benzene rings is 1. The van der Waals surface area contributed by atoms with Crippen molar-refractivity contribution in [2.45, 2.75) is 85.3 Å². The van der Waals surface area contributed by atoms with Crippen molar-refractivity contribution in [3.05, 3.63) is 53.5 Å². The van der Waals surface area contributed by atoms with Crippen molar-refractivity contribution in [2.75, 3.05) is 19.6 Å². The molecule has 0 radical (unpaired) electrons. The van der Waals surface area contributed by atoms with Gasteiger partial charge in [-0.1, -0.05) is 58.6 Å². The first-order chi connectivity index (χ1) is 15.5. The molecule has 1 aromatic carbocycles. The van der Waals surface area contributed by atoms with Crippen LogP contribution in [0.4, 0.5) is 0 Å². The molecule has 0 aliphatic rings. The fraction of sp³-hybridized carbons (Fsp3) is 0.593. The van der Waals surface area contributed by atoms with E-state index in [1.165, 1.54) is 44.1 Å². The van der Waals surface area contributed by atoms with Crippen molar-refractivity contribution in [1.29, 1.82) is 0 Å². The van der Waals surface area contributed by atoms with Crippen LogP contribution in [0.15, 0.2) is 40.8 Å². The number of nitrogens with zero attached hydrogens (tertiary/aromatic N) is 1. The third-order valence-electron chi connectivity index (χ3n) is 5.66. The predicted molar refractivity (Wildman–Crippen MR) is 131 cm³/mol. The number of hydrogen-bond donors (Lipinski definition) is 1. The summed E-state index contributed by atoms with van der Waals surface area (Å²) in [5.41, 5.74) is 1.28. The lowest BCUT2D eigenvalue weighted by atomic mass is 10.2. The number of rotatable bonds is 16. The highest BCUT2D eigenvalue weighted by Crippen LogP contribution is 2.16. The average Bonchev–Trinajstić information content (AvgIpc) is 3.27. The Labute approximate surface area is 194 Å². The molecule has 0 bridgehead atoms. The SMILES string of the molecule is CCCCCN(CCCCC)CC(C)NC(=O)c1ccc(COc2ccc(CC)cc2)o1. The van der Waals surface area contributed by atoms with Gasteiger partial charge in [-0.05, 0) is 69.1 Å². The summed E-state index contributed by atoms with van der Waals surface area (Å²) in [4.78, 5) is 15.1. The topological polar surface area (TPSA) is 54.7 Å². The molecule has 1 unspecified atom stereocenters. The van der Waals surface area contributed by atoms with Gasteiger partial charge in [-0.2, -0.15) is 0 Å². The smallest absolute Gasteiger partial charge is 0.287 e. The third kappa shape index (κ3) is 9.47. The molecule has 0 fully saturated rings. The van der Waals surface area contributed by atoms with Crippen LogP contribution in [0, 0.1) is 0 Å². The lowest BCUT2D eigenvalue weighted by Crippen LogP contribution is -2.42. The Morgan fingerprint density at radius 1 is 0.969 bits per heavy atom. The first kappa shape index (κ1) is 26.0. The van der Waals surface area contributed by atoms with Crippen molar-refractivity contribution in [2.24, 2.45) is 0 Å². The number of aryl methyl sites for hydroxylation is 1. The number of furan rings is 1. The van der Waals surface area contributed by atoms with E-state index in [0.29, 0.717) is 18.1 Å². The standard InChI is InChI=1S/C27H42N2O3/c1-5-8-10-18-29(19-11-9-6-2)20-22(4)28-27(30)26-17-16-25(32-26)21-31-24-14-12-23(7-3)13-15-24/h12-17,22H,5-11,18-21H2,1-4H3,(H,28,30). The summed E-state index contributed by atoms with van der Waals surface area (Å²) >= 11 is 0. The minimum atomic E-state index is -0.168. The summed E-state index contributed by atoms with van der Waals surface area (Å²) in [5, 5.41) is 3.09. The van der Waals surface area contributed by atoms with Gasteiger partial charge in [-0.25, -0.2) is 0 Å². The molecule has 0 saturated heterocycles. The summed E-state index contributed by atoms with van der Waals surface area (Å²) in [7, 11) is 0. The van der Waals surface area contributed by atoms with Gasteiger partial charge in [0.2, 0.25) is 0 Å². The van der Waals surface area contributed by atoms with E-state index >= 15 is 0 Å². The van der Waals surface area contributed by atoms with E-state index < -0.39 is 0 Å². The number of unbranched alkanes of at least 4 members (excludes halogenated alkanes) is 4. The molecule has 2 rings (SSSR count). The van der Waals surface area contributed by atoms with Crippen LogP contribution in [0.1, 0.15) is 88.1 Å². The summed E-state index contributed by atoms with van der Waals surface area (Å²) in [6.45, 7) is 12.0. The molecule has 1 aromatic heterocycles. The van der Waals surface area contributed by atoms with Gasteiger partial charge >= 0.3 is 0 Å². The molecule has 178 valence electrons. The van der Waals surface area contributed by atoms with Crippen molar-refractivity contribution in [1.82, 2.24) is 10.2 Å². The summed E-state index contributed by atoms with van der Waals surface area (Å²) in [5.74, 6) is 1.60. The Morgan fingerprint density at radius 3 is 2.22 bits per heavy atom. The second-order valence-corrected chi connectivity index (χ2v) is 8.64. The fourth-order valence-electron chi connectivity index (χ4n) is 3.75. The molecule has 0 aliphatic heterocycles. The minimum Gasteiger partial charge on any atom is -0.486 e. The monoisotopic (exact) mass is 442 g/mol. The summed E-state index contributed by atoms with van der Waals surface area (Å²) in [6.07, 6.45) is 8.39. The van der Waals surface area contributed by atoms with E-state index in [0.717, 1.165) is 31.8 Å². The van der Waals surface area contributed by atoms with Gasteiger partial charge in [-0.3, -0.25) is 4.79 Å². The Balaban J connectivity index is 1.81. The highest BCUT2D eigenvalue weighted by atomic mass is 16.5. The van der Waals surface area contributed by atoms with E-state index in [-0.39, 0.29) is 11.9 Å². The third-order valence-corrected chi connectivity index (χ3v) is 5.66. The van der Waals surface area contributed by atoms with Crippen LogP contribution >= 0.6 is 0 Å². The van der Waals surface area contributed by atoms with Crippen LogP contribution in [0.25, 0.3) is 0 Å². The van der Waals surface area contributed by atoms with Crippen LogP contribution in [0.5, 0.6) is 5.75 Å². The second-order valence-electron chi connectivity index (χ2n) is 8.64. The highest BCUT2D eigenvalue weighted by molar-refractivity contribution is 5.91. The summed E-state index contributed by atoms with van der Waals surface area (Å²) in [6, 6.07) is 11.6. The lowest BCUT2D eigenvalue weighted by molar-refractivity contribution is 0.0896. The fourth-order valence-corrected chi connectivity index (χ4v) is 3.75. The zero-order chi connectivity index (χ0) is 23.2. The zero-order valence-corrected chi connectivity index (χ0v) is 20.5. The van der Waals surface area contributed by atoms with Crippen molar-refractivity contribution in [3.8, 4) is 5.75 Å². The van der Waals surface area contributed by atoms with Gasteiger partial charge in [0.1, 0.15) is 18.1 Å². The molecular formula is C27H42N2O3. The van der Waals surface area contributed by atoms with Crippen LogP contribution in [-0.2, 0) is 13.0 Å². The second kappa shape index (κ2) is 14.7. The maximum atomic E-state index is 12.7. The van der Waals surface area contributed by atoms with Crippen LogP contribution < -0.4 is 10.1 Å². The number of hydrogen-bond acceptors (Lipinski definition) is 4. The van der Waals surface area contributed by atoms with Gasteiger partial charge in [-0.15, -0.1) is 0 Å². The number of carbonyl (C=O) groups excluding carboxylic acids is 1. The van der Waals surface area contributed by atoms with Gasteiger partial charge in [0.25, 0.3) is 5.91 Å². The van der Waals surface area contributed by atoms with Crippen molar-refractivity contribution < 1.29 is 13.9 Å². The maximum absolute atomic E-state index is 12.7. The molecule has 0 saturated carbocycles. The molecule has 5 heteroatoms. The van der Waals surface area contributed by atoms with E-state index in [1.54, 1.807) is 6.07 Å². The Bertz CT molecular complexity index is 759. The summed E-state index contributed by atoms with van der Waals surface area (Å²) < 4.78 is 11.5. The maximum Gasteiger partial charge on any atom is 0.287 e. The van der Waals surface area contributed by atoms with E-state index in [9.17, 15) is 4.79 Å². The van der Waals surface area contributed by atoms with Crippen LogP contribution in [0.2, 0.25) is 0 Å². The number of carbonyl (C=O) groups is 1. The quantitative estimate of drug-likeness (QED) is 0.314. The molecule has 0 aliphatic carbocycles. The van der Waals surface area contributed by atoms with Gasteiger partial charge in [0.05, 0.1) is 0 Å².